The summed E-state index contributed by atoms with van der Waals surface area (Å²) >= 11 is 6.40. The van der Waals surface area contributed by atoms with Crippen LogP contribution in [0.2, 0.25) is 5.02 Å². The molecule has 3 heterocycles. The third-order valence-electron chi connectivity index (χ3n) is 5.54. The van der Waals surface area contributed by atoms with Crippen LogP contribution < -0.4 is 10.8 Å². The summed E-state index contributed by atoms with van der Waals surface area (Å²) in [5.41, 5.74) is 3.15. The van der Waals surface area contributed by atoms with E-state index in [4.69, 9.17) is 21.2 Å². The largest absolute Gasteiger partial charge is 0.365 e. The molecule has 2 atom stereocenters. The number of halogens is 1. The Morgan fingerprint density at radius 2 is 2.24 bits per heavy atom. The van der Waals surface area contributed by atoms with Crippen LogP contribution in [0.25, 0.3) is 6.08 Å². The smallest absolute Gasteiger partial charge is 0.267 e. The van der Waals surface area contributed by atoms with Crippen molar-refractivity contribution >= 4 is 29.4 Å². The average molecular weight is 421 g/mol. The van der Waals surface area contributed by atoms with Gasteiger partial charge in [-0.2, -0.15) is 0 Å². The van der Waals surface area contributed by atoms with Gasteiger partial charge < -0.3 is 15.0 Å². The molecule has 7 nitrogen and oxygen atoms in total. The van der Waals surface area contributed by atoms with Gasteiger partial charge in [-0.3, -0.25) is 4.79 Å². The van der Waals surface area contributed by atoms with Crippen molar-refractivity contribution in [1.29, 1.82) is 0 Å². The molecule has 3 fully saturated rings. The van der Waals surface area contributed by atoms with Crippen molar-refractivity contribution in [2.45, 2.75) is 50.9 Å². The minimum Gasteiger partial charge on any atom is -0.365 e. The summed E-state index contributed by atoms with van der Waals surface area (Å²) in [6, 6.07) is 2.19. The fourth-order valence-electron chi connectivity index (χ4n) is 3.76. The molecule has 1 amide bonds. The van der Waals surface area contributed by atoms with Gasteiger partial charge in [0.1, 0.15) is 5.82 Å². The molecule has 1 aromatic heterocycles. The van der Waals surface area contributed by atoms with Crippen LogP contribution in [-0.4, -0.2) is 54.4 Å². The summed E-state index contributed by atoms with van der Waals surface area (Å²) in [5.74, 6) is 1.27. The van der Waals surface area contributed by atoms with Crippen LogP contribution in [0.1, 0.15) is 44.1 Å². The Morgan fingerprint density at radius 3 is 3.00 bits per heavy atom. The van der Waals surface area contributed by atoms with Crippen LogP contribution in [0.15, 0.2) is 18.3 Å². The van der Waals surface area contributed by atoms with Gasteiger partial charge in [-0.25, -0.2) is 15.3 Å². The Kier molecular flexibility index (Phi) is 7.02. The number of nitrogens with one attached hydrogen (secondary N) is 2. The zero-order chi connectivity index (χ0) is 20.1. The summed E-state index contributed by atoms with van der Waals surface area (Å²) < 4.78 is 5.40. The van der Waals surface area contributed by atoms with Gasteiger partial charge >= 0.3 is 0 Å². The zero-order valence-corrected chi connectivity index (χ0v) is 17.4. The second-order valence-corrected chi connectivity index (χ2v) is 8.55. The number of carbonyl (C=O) groups excluding carboxylic acids is 1. The number of hydrogen-bond donors (Lipinski definition) is 2. The van der Waals surface area contributed by atoms with Crippen LogP contribution in [0, 0.1) is 5.92 Å². The quantitative estimate of drug-likeness (QED) is 0.496. The van der Waals surface area contributed by atoms with Gasteiger partial charge in [-0.1, -0.05) is 11.6 Å². The van der Waals surface area contributed by atoms with Crippen molar-refractivity contribution in [3.05, 3.63) is 28.9 Å². The number of likely N-dealkylation sites (tertiary alicyclic amines) is 1. The van der Waals surface area contributed by atoms with Crippen molar-refractivity contribution in [1.82, 2.24) is 15.4 Å². The highest BCUT2D eigenvalue weighted by molar-refractivity contribution is 6.33. The summed E-state index contributed by atoms with van der Waals surface area (Å²) in [6.07, 6.45) is 11.1. The maximum Gasteiger partial charge on any atom is 0.267 e. The van der Waals surface area contributed by atoms with Crippen molar-refractivity contribution in [3.8, 4) is 0 Å². The third-order valence-corrected chi connectivity index (χ3v) is 5.83. The van der Waals surface area contributed by atoms with Crippen LogP contribution in [0.5, 0.6) is 0 Å². The molecule has 0 radical (unpaired) electrons. The first-order valence-corrected chi connectivity index (χ1v) is 10.9. The maximum atomic E-state index is 11.9. The van der Waals surface area contributed by atoms with E-state index >= 15 is 0 Å². The lowest BCUT2D eigenvalue weighted by Gasteiger charge is -2.21. The van der Waals surface area contributed by atoms with Crippen molar-refractivity contribution < 1.29 is 14.4 Å². The lowest BCUT2D eigenvalue weighted by molar-refractivity contribution is -0.198. The van der Waals surface area contributed by atoms with Gasteiger partial charge in [0.05, 0.1) is 5.02 Å². The SMILES string of the molecule is O=C(C=Cc1cnc(N[C@@H]2CCN(CC3CC3)C2)c(Cl)c1)NOC1CCCCO1. The molecule has 1 unspecified atom stereocenters. The topological polar surface area (TPSA) is 75.7 Å². The lowest BCUT2D eigenvalue weighted by Crippen LogP contribution is -2.32. The number of nitrogens with zero attached hydrogens (tertiary/aromatic N) is 2. The molecule has 1 aliphatic carbocycles. The molecule has 0 aromatic carbocycles. The van der Waals surface area contributed by atoms with E-state index < -0.39 is 0 Å². The van der Waals surface area contributed by atoms with E-state index in [0.717, 1.165) is 50.3 Å². The molecule has 8 heteroatoms. The predicted octanol–water partition coefficient (Wildman–Crippen LogP) is 3.22. The number of carbonyl (C=O) groups is 1. The molecule has 4 rings (SSSR count). The van der Waals surface area contributed by atoms with E-state index in [1.54, 1.807) is 12.3 Å². The number of rotatable bonds is 8. The molecule has 1 aromatic rings. The summed E-state index contributed by atoms with van der Waals surface area (Å²) in [4.78, 5) is 24.1. The fraction of sp³-hybridized carbons (Fsp3) is 0.619. The molecule has 3 aliphatic rings. The number of pyridine rings is 1. The van der Waals surface area contributed by atoms with Crippen molar-refractivity contribution in [3.63, 3.8) is 0 Å². The van der Waals surface area contributed by atoms with Gasteiger partial charge in [-0.15, -0.1) is 0 Å². The van der Waals surface area contributed by atoms with E-state index in [9.17, 15) is 4.79 Å². The van der Waals surface area contributed by atoms with Gasteiger partial charge in [0.25, 0.3) is 5.91 Å². The second kappa shape index (κ2) is 9.89. The highest BCUT2D eigenvalue weighted by Crippen LogP contribution is 2.31. The van der Waals surface area contributed by atoms with E-state index in [2.05, 4.69) is 20.7 Å². The maximum absolute atomic E-state index is 11.9. The zero-order valence-electron chi connectivity index (χ0n) is 16.6. The molecule has 1 saturated carbocycles. The fourth-order valence-corrected chi connectivity index (χ4v) is 3.99. The minimum atomic E-state index is -0.363. The Labute approximate surface area is 176 Å². The minimum absolute atomic E-state index is 0.348. The average Bonchev–Trinajstić information content (AvgIpc) is 3.44. The summed E-state index contributed by atoms with van der Waals surface area (Å²) in [7, 11) is 0. The van der Waals surface area contributed by atoms with Gasteiger partial charge in [0.2, 0.25) is 0 Å². The number of amides is 1. The van der Waals surface area contributed by atoms with Crippen LogP contribution in [-0.2, 0) is 14.4 Å². The van der Waals surface area contributed by atoms with Gasteiger partial charge in [0, 0.05) is 51.0 Å². The molecule has 2 saturated heterocycles. The van der Waals surface area contributed by atoms with Crippen molar-refractivity contribution in [2.75, 3.05) is 31.6 Å². The Bertz CT molecular complexity index is 735. The van der Waals surface area contributed by atoms with E-state index in [1.165, 1.54) is 25.5 Å². The van der Waals surface area contributed by atoms with Crippen LogP contribution in [0.4, 0.5) is 5.82 Å². The number of hydroxylamine groups is 1. The molecule has 29 heavy (non-hydrogen) atoms. The molecule has 2 aliphatic heterocycles. The van der Waals surface area contributed by atoms with Crippen LogP contribution in [0.3, 0.4) is 0 Å². The second-order valence-electron chi connectivity index (χ2n) is 8.15. The number of hydrogen-bond acceptors (Lipinski definition) is 6. The Hall–Kier alpha value is -1.67. The highest BCUT2D eigenvalue weighted by Gasteiger charge is 2.29. The normalized spacial score (nSPS) is 25.4. The molecular weight excluding hydrogens is 392 g/mol. The molecule has 2 N–H and O–H groups in total. The summed E-state index contributed by atoms with van der Waals surface area (Å²) in [6.45, 7) is 4.07. The Balaban J connectivity index is 1.23. The lowest BCUT2D eigenvalue weighted by atomic mass is 10.2. The standard InChI is InChI=1S/C21H29ClN4O3/c22-18-11-16(6-7-19(27)25-29-20-3-1-2-10-28-20)12-23-21(18)24-17-8-9-26(14-17)13-15-4-5-15/h6-7,11-12,15,17,20H,1-5,8-10,13-14H2,(H,23,24)(H,25,27)/t17-,20?/m1/s1. The molecule has 158 valence electrons. The van der Waals surface area contributed by atoms with E-state index in [1.807, 2.05) is 6.07 Å². The summed E-state index contributed by atoms with van der Waals surface area (Å²) in [5, 5.41) is 4.02. The Morgan fingerprint density at radius 1 is 1.34 bits per heavy atom. The highest BCUT2D eigenvalue weighted by atomic mass is 35.5. The third kappa shape index (κ3) is 6.40. The van der Waals surface area contributed by atoms with E-state index in [-0.39, 0.29) is 12.2 Å². The predicted molar refractivity (Wildman–Crippen MR) is 112 cm³/mol. The number of anilines is 1. The van der Waals surface area contributed by atoms with Gasteiger partial charge in [0.15, 0.2) is 6.29 Å². The van der Waals surface area contributed by atoms with Crippen molar-refractivity contribution in [2.24, 2.45) is 5.92 Å². The number of aromatic nitrogens is 1. The first-order chi connectivity index (χ1) is 14.2. The van der Waals surface area contributed by atoms with Gasteiger partial charge in [-0.05, 0) is 55.7 Å². The molecular formula is C21H29ClN4O3. The number of ether oxygens (including phenoxy) is 1. The monoisotopic (exact) mass is 420 g/mol. The van der Waals surface area contributed by atoms with Crippen LogP contribution >= 0.6 is 11.6 Å². The molecule has 0 spiro atoms. The van der Waals surface area contributed by atoms with E-state index in [0.29, 0.717) is 23.5 Å². The molecule has 0 bridgehead atoms. The first kappa shape index (κ1) is 20.6. The first-order valence-electron chi connectivity index (χ1n) is 10.6.